The smallest absolute Gasteiger partial charge is 0.272 e. The number of piperazine rings is 1. The highest BCUT2D eigenvalue weighted by molar-refractivity contribution is 5.93. The molecule has 1 aromatic rings. The first-order valence-corrected chi connectivity index (χ1v) is 8.23. The van der Waals surface area contributed by atoms with E-state index in [0.29, 0.717) is 24.7 Å². The molecule has 124 valence electrons. The summed E-state index contributed by atoms with van der Waals surface area (Å²) in [5, 5.41) is 0. The Morgan fingerprint density at radius 2 is 2.00 bits per heavy atom. The maximum Gasteiger partial charge on any atom is 0.272 e. The third-order valence-corrected chi connectivity index (χ3v) is 4.60. The van der Waals surface area contributed by atoms with Crippen LogP contribution in [0.15, 0.2) is 12.4 Å². The summed E-state index contributed by atoms with van der Waals surface area (Å²) in [6.07, 6.45) is 4.57. The SMILES string of the molecule is CC1CCCN(C(=O)c2cc(N3CCN(C=O)CC3)ncn2)C1. The molecule has 23 heavy (non-hydrogen) atoms. The molecule has 0 radical (unpaired) electrons. The Morgan fingerprint density at radius 3 is 2.70 bits per heavy atom. The number of hydrogen-bond acceptors (Lipinski definition) is 5. The minimum absolute atomic E-state index is 0.00766. The average molecular weight is 317 g/mol. The molecule has 7 nitrogen and oxygen atoms in total. The van der Waals surface area contributed by atoms with E-state index in [1.165, 1.54) is 12.7 Å². The van der Waals surface area contributed by atoms with E-state index in [0.717, 1.165) is 44.8 Å². The molecule has 3 heterocycles. The lowest BCUT2D eigenvalue weighted by Crippen LogP contribution is -2.46. The zero-order valence-electron chi connectivity index (χ0n) is 13.5. The van der Waals surface area contributed by atoms with Crippen LogP contribution in [-0.4, -0.2) is 71.4 Å². The molecule has 3 rings (SSSR count). The second-order valence-corrected chi connectivity index (χ2v) is 6.39. The van der Waals surface area contributed by atoms with Crippen molar-refractivity contribution in [2.45, 2.75) is 19.8 Å². The predicted octanol–water partition coefficient (Wildman–Crippen LogP) is 0.627. The number of hydrogen-bond donors (Lipinski definition) is 0. The van der Waals surface area contributed by atoms with Crippen LogP contribution >= 0.6 is 0 Å². The molecule has 1 aromatic heterocycles. The van der Waals surface area contributed by atoms with Gasteiger partial charge in [-0.05, 0) is 18.8 Å². The molecule has 2 amide bonds. The number of amides is 2. The van der Waals surface area contributed by atoms with Crippen molar-refractivity contribution in [3.63, 3.8) is 0 Å². The van der Waals surface area contributed by atoms with E-state index in [1.54, 1.807) is 11.0 Å². The highest BCUT2D eigenvalue weighted by Crippen LogP contribution is 2.19. The fourth-order valence-corrected chi connectivity index (χ4v) is 3.23. The lowest BCUT2D eigenvalue weighted by atomic mass is 10.00. The van der Waals surface area contributed by atoms with E-state index in [1.807, 2.05) is 4.90 Å². The molecule has 0 bridgehead atoms. The van der Waals surface area contributed by atoms with Crippen LogP contribution in [-0.2, 0) is 4.79 Å². The maximum absolute atomic E-state index is 12.6. The highest BCUT2D eigenvalue weighted by atomic mass is 16.2. The number of rotatable bonds is 3. The lowest BCUT2D eigenvalue weighted by Gasteiger charge is -2.33. The van der Waals surface area contributed by atoms with Gasteiger partial charge in [0, 0.05) is 45.3 Å². The van der Waals surface area contributed by atoms with E-state index in [-0.39, 0.29) is 5.91 Å². The fraction of sp³-hybridized carbons (Fsp3) is 0.625. The third kappa shape index (κ3) is 3.60. The Bertz CT molecular complexity index is 571. The molecule has 0 aliphatic carbocycles. The molecule has 2 fully saturated rings. The van der Waals surface area contributed by atoms with Crippen LogP contribution in [0.2, 0.25) is 0 Å². The maximum atomic E-state index is 12.6. The predicted molar refractivity (Wildman–Crippen MR) is 86.2 cm³/mol. The van der Waals surface area contributed by atoms with E-state index in [9.17, 15) is 9.59 Å². The third-order valence-electron chi connectivity index (χ3n) is 4.60. The number of likely N-dealkylation sites (tertiary alicyclic amines) is 1. The lowest BCUT2D eigenvalue weighted by molar-refractivity contribution is -0.118. The summed E-state index contributed by atoms with van der Waals surface area (Å²) in [5.41, 5.74) is 0.460. The Hall–Kier alpha value is -2.18. The molecule has 2 aliphatic rings. The zero-order valence-corrected chi connectivity index (χ0v) is 13.5. The van der Waals surface area contributed by atoms with E-state index < -0.39 is 0 Å². The summed E-state index contributed by atoms with van der Waals surface area (Å²) in [6.45, 7) is 6.60. The number of carbonyl (C=O) groups is 2. The van der Waals surface area contributed by atoms with Gasteiger partial charge >= 0.3 is 0 Å². The van der Waals surface area contributed by atoms with Crippen molar-refractivity contribution >= 4 is 18.1 Å². The summed E-state index contributed by atoms with van der Waals surface area (Å²) in [7, 11) is 0. The number of anilines is 1. The molecular formula is C16H23N5O2. The van der Waals surface area contributed by atoms with Crippen molar-refractivity contribution in [1.82, 2.24) is 19.8 Å². The van der Waals surface area contributed by atoms with Gasteiger partial charge in [0.15, 0.2) is 0 Å². The van der Waals surface area contributed by atoms with Gasteiger partial charge in [0.2, 0.25) is 6.41 Å². The van der Waals surface area contributed by atoms with E-state index >= 15 is 0 Å². The summed E-state index contributed by atoms with van der Waals surface area (Å²) >= 11 is 0. The largest absolute Gasteiger partial charge is 0.353 e. The van der Waals surface area contributed by atoms with Gasteiger partial charge in [-0.15, -0.1) is 0 Å². The van der Waals surface area contributed by atoms with Gasteiger partial charge in [-0.1, -0.05) is 6.92 Å². The van der Waals surface area contributed by atoms with E-state index in [2.05, 4.69) is 21.8 Å². The van der Waals surface area contributed by atoms with Gasteiger partial charge in [0.05, 0.1) is 0 Å². The Morgan fingerprint density at radius 1 is 1.22 bits per heavy atom. The molecule has 2 aliphatic heterocycles. The van der Waals surface area contributed by atoms with E-state index in [4.69, 9.17) is 0 Å². The number of piperidine rings is 1. The highest BCUT2D eigenvalue weighted by Gasteiger charge is 2.24. The van der Waals surface area contributed by atoms with Crippen LogP contribution in [0.5, 0.6) is 0 Å². The van der Waals surface area contributed by atoms with Gasteiger partial charge in [-0.2, -0.15) is 0 Å². The summed E-state index contributed by atoms with van der Waals surface area (Å²) in [6, 6.07) is 1.78. The van der Waals surface area contributed by atoms with Crippen LogP contribution in [0.1, 0.15) is 30.3 Å². The summed E-state index contributed by atoms with van der Waals surface area (Å²) < 4.78 is 0. The van der Waals surface area contributed by atoms with Crippen LogP contribution in [0.25, 0.3) is 0 Å². The zero-order chi connectivity index (χ0) is 16.2. The molecule has 0 spiro atoms. The normalized spacial score (nSPS) is 22.1. The van der Waals surface area contributed by atoms with Crippen molar-refractivity contribution in [3.05, 3.63) is 18.1 Å². The second-order valence-electron chi connectivity index (χ2n) is 6.39. The van der Waals surface area contributed by atoms with Crippen LogP contribution < -0.4 is 4.90 Å². The quantitative estimate of drug-likeness (QED) is 0.765. The first-order valence-electron chi connectivity index (χ1n) is 8.23. The number of carbonyl (C=O) groups excluding carboxylic acids is 2. The minimum Gasteiger partial charge on any atom is -0.353 e. The molecule has 1 unspecified atom stereocenters. The molecular weight excluding hydrogens is 294 g/mol. The first kappa shape index (κ1) is 15.7. The standard InChI is InChI=1S/C16H23N5O2/c1-13-3-2-4-21(10-13)16(23)14-9-15(18-11-17-14)20-7-5-19(12-22)6-8-20/h9,11-13H,2-8,10H2,1H3. The second kappa shape index (κ2) is 6.93. The van der Waals surface area contributed by atoms with Crippen LogP contribution in [0.4, 0.5) is 5.82 Å². The Labute approximate surface area is 136 Å². The van der Waals surface area contributed by atoms with Crippen molar-refractivity contribution in [1.29, 1.82) is 0 Å². The number of aromatic nitrogens is 2. The van der Waals surface area contributed by atoms with Gasteiger partial charge in [0.25, 0.3) is 5.91 Å². The molecule has 1 atom stereocenters. The molecule has 2 saturated heterocycles. The van der Waals surface area contributed by atoms with Crippen LogP contribution in [0, 0.1) is 5.92 Å². The van der Waals surface area contributed by atoms with Gasteiger partial charge < -0.3 is 14.7 Å². The minimum atomic E-state index is -0.00766. The molecule has 0 N–H and O–H groups in total. The summed E-state index contributed by atoms with van der Waals surface area (Å²) in [5.74, 6) is 1.30. The number of nitrogens with zero attached hydrogens (tertiary/aromatic N) is 5. The summed E-state index contributed by atoms with van der Waals surface area (Å²) in [4.78, 5) is 37.6. The fourth-order valence-electron chi connectivity index (χ4n) is 3.23. The monoisotopic (exact) mass is 317 g/mol. The molecule has 0 saturated carbocycles. The van der Waals surface area contributed by atoms with Crippen molar-refractivity contribution < 1.29 is 9.59 Å². The van der Waals surface area contributed by atoms with Crippen molar-refractivity contribution in [3.8, 4) is 0 Å². The van der Waals surface area contributed by atoms with Gasteiger partial charge in [0.1, 0.15) is 17.8 Å². The topological polar surface area (TPSA) is 69.6 Å². The average Bonchev–Trinajstić information content (AvgIpc) is 2.61. The van der Waals surface area contributed by atoms with Gasteiger partial charge in [-0.25, -0.2) is 9.97 Å². The Balaban J connectivity index is 1.69. The van der Waals surface area contributed by atoms with Crippen molar-refractivity contribution in [2.24, 2.45) is 5.92 Å². The Kier molecular flexibility index (Phi) is 4.73. The van der Waals surface area contributed by atoms with Gasteiger partial charge in [-0.3, -0.25) is 9.59 Å². The molecule has 0 aromatic carbocycles. The first-order chi connectivity index (χ1) is 11.2. The van der Waals surface area contributed by atoms with Crippen LogP contribution in [0.3, 0.4) is 0 Å². The van der Waals surface area contributed by atoms with Crippen molar-refractivity contribution in [2.75, 3.05) is 44.2 Å². The molecule has 7 heteroatoms.